The van der Waals surface area contributed by atoms with Crippen molar-refractivity contribution in [2.45, 2.75) is 6.92 Å². The van der Waals surface area contributed by atoms with Crippen molar-refractivity contribution in [2.24, 2.45) is 0 Å². The fourth-order valence-electron chi connectivity index (χ4n) is 2.10. The number of halogens is 1. The van der Waals surface area contributed by atoms with Gasteiger partial charge in [-0.05, 0) is 42.8 Å². The summed E-state index contributed by atoms with van der Waals surface area (Å²) in [5, 5.41) is 5.96. The third kappa shape index (κ3) is 6.32. The van der Waals surface area contributed by atoms with Gasteiger partial charge < -0.3 is 15.4 Å². The van der Waals surface area contributed by atoms with Gasteiger partial charge in [-0.3, -0.25) is 9.59 Å². The molecule has 2 aromatic rings. The molecule has 2 aromatic carbocycles. The van der Waals surface area contributed by atoms with Gasteiger partial charge in [0, 0.05) is 11.4 Å². The van der Waals surface area contributed by atoms with E-state index in [1.54, 1.807) is 18.2 Å². The molecule has 5 nitrogen and oxygen atoms in total. The molecule has 0 spiro atoms. The number of amides is 2. The Kier molecular flexibility index (Phi) is 7.16. The Balaban J connectivity index is 1.74. The number of rotatable bonds is 7. The molecule has 0 atom stereocenters. The molecule has 0 heterocycles. The molecule has 0 bridgehead atoms. The van der Waals surface area contributed by atoms with Gasteiger partial charge in [0.1, 0.15) is 5.75 Å². The highest BCUT2D eigenvalue weighted by Gasteiger charge is 2.08. The first-order chi connectivity index (χ1) is 12.0. The van der Waals surface area contributed by atoms with Gasteiger partial charge in [-0.1, -0.05) is 23.7 Å². The number of nitrogens with one attached hydrogen (secondary N) is 2. The van der Waals surface area contributed by atoms with E-state index in [4.69, 9.17) is 16.3 Å². The maximum absolute atomic E-state index is 11.9. The molecule has 2 N–H and O–H groups in total. The minimum absolute atomic E-state index is 0.143. The van der Waals surface area contributed by atoms with Crippen LogP contribution in [0.3, 0.4) is 0 Å². The van der Waals surface area contributed by atoms with Crippen LogP contribution in [0, 0.1) is 6.92 Å². The van der Waals surface area contributed by atoms with Crippen LogP contribution in [0.5, 0.6) is 5.75 Å². The molecule has 25 heavy (non-hydrogen) atoms. The first-order valence-electron chi connectivity index (χ1n) is 7.55. The van der Waals surface area contributed by atoms with Gasteiger partial charge in [0.25, 0.3) is 0 Å². The predicted molar refractivity (Wildman–Crippen MR) is 104 cm³/mol. The van der Waals surface area contributed by atoms with Crippen LogP contribution < -0.4 is 15.4 Å². The first kappa shape index (κ1) is 19.1. The maximum atomic E-state index is 11.9. The summed E-state index contributed by atoms with van der Waals surface area (Å²) < 4.78 is 5.06. The van der Waals surface area contributed by atoms with Crippen molar-refractivity contribution in [3.63, 3.8) is 0 Å². The number of carbonyl (C=O) groups excluding carboxylic acids is 2. The molecule has 0 aliphatic heterocycles. The molecule has 0 aliphatic rings. The number of hydrogen-bond donors (Lipinski definition) is 2. The standard InChI is InChI=1S/C18H19ClN2O3S/c1-12-4-3-5-13(8-12)20-17(22)10-25-11-18(23)21-14-6-7-16(24-2)15(19)9-14/h3-9H,10-11H2,1-2H3,(H,20,22)(H,21,23). The van der Waals surface area contributed by atoms with Crippen molar-refractivity contribution in [3.05, 3.63) is 53.1 Å². The number of aryl methyl sites for hydroxylation is 1. The van der Waals surface area contributed by atoms with E-state index >= 15 is 0 Å². The van der Waals surface area contributed by atoms with Crippen molar-refractivity contribution in [1.82, 2.24) is 0 Å². The average Bonchev–Trinajstić information content (AvgIpc) is 2.55. The highest BCUT2D eigenvalue weighted by Crippen LogP contribution is 2.27. The summed E-state index contributed by atoms with van der Waals surface area (Å²) in [6, 6.07) is 12.6. The number of hydrogen-bond acceptors (Lipinski definition) is 4. The van der Waals surface area contributed by atoms with Gasteiger partial charge in [-0.15, -0.1) is 11.8 Å². The van der Waals surface area contributed by atoms with Gasteiger partial charge in [-0.25, -0.2) is 0 Å². The monoisotopic (exact) mass is 378 g/mol. The van der Waals surface area contributed by atoms with Crippen LogP contribution in [-0.4, -0.2) is 30.4 Å². The fraction of sp³-hybridized carbons (Fsp3) is 0.222. The summed E-state index contributed by atoms with van der Waals surface area (Å²) >= 11 is 7.25. The number of ether oxygens (including phenoxy) is 1. The minimum atomic E-state index is -0.199. The molecular weight excluding hydrogens is 360 g/mol. The number of methoxy groups -OCH3 is 1. The smallest absolute Gasteiger partial charge is 0.234 e. The van der Waals surface area contributed by atoms with Crippen LogP contribution in [0.1, 0.15) is 5.56 Å². The Morgan fingerprint density at radius 1 is 1.04 bits per heavy atom. The third-order valence-electron chi connectivity index (χ3n) is 3.20. The SMILES string of the molecule is COc1ccc(NC(=O)CSCC(=O)Nc2cccc(C)c2)cc1Cl. The predicted octanol–water partition coefficient (Wildman–Crippen LogP) is 3.97. The van der Waals surface area contributed by atoms with Crippen molar-refractivity contribution in [1.29, 1.82) is 0 Å². The number of benzene rings is 2. The maximum Gasteiger partial charge on any atom is 0.234 e. The molecule has 2 amide bonds. The van der Waals surface area contributed by atoms with E-state index in [2.05, 4.69) is 10.6 Å². The van der Waals surface area contributed by atoms with Crippen LogP contribution in [-0.2, 0) is 9.59 Å². The topological polar surface area (TPSA) is 67.4 Å². The van der Waals surface area contributed by atoms with Crippen molar-refractivity contribution < 1.29 is 14.3 Å². The Hall–Kier alpha value is -2.18. The molecule has 0 radical (unpaired) electrons. The third-order valence-corrected chi connectivity index (χ3v) is 4.43. The molecule has 0 unspecified atom stereocenters. The van der Waals surface area contributed by atoms with Crippen molar-refractivity contribution >= 4 is 46.6 Å². The van der Waals surface area contributed by atoms with Crippen molar-refractivity contribution in [3.8, 4) is 5.75 Å². The number of anilines is 2. The van der Waals surface area contributed by atoms with E-state index in [1.165, 1.54) is 18.9 Å². The van der Waals surface area contributed by atoms with Gasteiger partial charge in [-0.2, -0.15) is 0 Å². The molecule has 2 rings (SSSR count). The first-order valence-corrected chi connectivity index (χ1v) is 9.09. The van der Waals surface area contributed by atoms with Crippen LogP contribution >= 0.6 is 23.4 Å². The molecule has 0 aliphatic carbocycles. The van der Waals surface area contributed by atoms with Crippen molar-refractivity contribution in [2.75, 3.05) is 29.2 Å². The zero-order chi connectivity index (χ0) is 18.2. The Bertz CT molecular complexity index is 768. The lowest BCUT2D eigenvalue weighted by Crippen LogP contribution is -2.18. The largest absolute Gasteiger partial charge is 0.495 e. The van der Waals surface area contributed by atoms with E-state index < -0.39 is 0 Å². The molecule has 0 fully saturated rings. The van der Waals surface area contributed by atoms with E-state index in [0.29, 0.717) is 16.5 Å². The van der Waals surface area contributed by atoms with Gasteiger partial charge in [0.2, 0.25) is 11.8 Å². The van der Waals surface area contributed by atoms with E-state index in [0.717, 1.165) is 11.3 Å². The molecule has 0 saturated heterocycles. The van der Waals surface area contributed by atoms with E-state index in [1.807, 2.05) is 31.2 Å². The molecule has 7 heteroatoms. The quantitative estimate of drug-likeness (QED) is 0.765. The summed E-state index contributed by atoms with van der Waals surface area (Å²) in [5.41, 5.74) is 2.41. The summed E-state index contributed by atoms with van der Waals surface area (Å²) in [7, 11) is 1.53. The van der Waals surface area contributed by atoms with Gasteiger partial charge >= 0.3 is 0 Å². The highest BCUT2D eigenvalue weighted by molar-refractivity contribution is 8.00. The lowest BCUT2D eigenvalue weighted by Gasteiger charge is -2.08. The summed E-state index contributed by atoms with van der Waals surface area (Å²) in [4.78, 5) is 23.8. The van der Waals surface area contributed by atoms with E-state index in [-0.39, 0.29) is 23.3 Å². The second kappa shape index (κ2) is 9.34. The lowest BCUT2D eigenvalue weighted by atomic mass is 10.2. The molecule has 0 aromatic heterocycles. The second-order valence-corrected chi connectivity index (χ2v) is 6.70. The summed E-state index contributed by atoms with van der Waals surface area (Å²) in [5.74, 6) is 0.572. The minimum Gasteiger partial charge on any atom is -0.495 e. The number of carbonyl (C=O) groups is 2. The lowest BCUT2D eigenvalue weighted by molar-refractivity contribution is -0.114. The average molecular weight is 379 g/mol. The second-order valence-electron chi connectivity index (χ2n) is 5.31. The normalized spacial score (nSPS) is 10.2. The van der Waals surface area contributed by atoms with E-state index in [9.17, 15) is 9.59 Å². The summed E-state index contributed by atoms with van der Waals surface area (Å²) in [6.45, 7) is 1.96. The Morgan fingerprint density at radius 3 is 2.24 bits per heavy atom. The van der Waals surface area contributed by atoms with Crippen LogP contribution in [0.25, 0.3) is 0 Å². The van der Waals surface area contributed by atoms with Crippen LogP contribution in [0.15, 0.2) is 42.5 Å². The van der Waals surface area contributed by atoms with Crippen LogP contribution in [0.2, 0.25) is 5.02 Å². The Labute approximate surface area is 156 Å². The van der Waals surface area contributed by atoms with Crippen LogP contribution in [0.4, 0.5) is 11.4 Å². The zero-order valence-electron chi connectivity index (χ0n) is 14.0. The molecular formula is C18H19ClN2O3S. The van der Waals surface area contributed by atoms with Gasteiger partial charge in [0.05, 0.1) is 23.6 Å². The zero-order valence-corrected chi connectivity index (χ0v) is 15.5. The van der Waals surface area contributed by atoms with Gasteiger partial charge in [0.15, 0.2) is 0 Å². The summed E-state index contributed by atoms with van der Waals surface area (Å²) in [6.07, 6.45) is 0. The molecule has 0 saturated carbocycles. The highest BCUT2D eigenvalue weighted by atomic mass is 35.5. The fourth-order valence-corrected chi connectivity index (χ4v) is 2.97. The number of thioether (sulfide) groups is 1. The Morgan fingerprint density at radius 2 is 1.68 bits per heavy atom. The molecule has 132 valence electrons.